The lowest BCUT2D eigenvalue weighted by atomic mass is 10.3. The van der Waals surface area contributed by atoms with Crippen molar-refractivity contribution in [2.45, 2.75) is 24.0 Å². The Hall–Kier alpha value is -0.368. The number of ether oxygens (including phenoxy) is 1. The van der Waals surface area contributed by atoms with Gasteiger partial charge in [-0.15, -0.1) is 0 Å². The number of hydrogen-bond donors (Lipinski definition) is 0. The van der Waals surface area contributed by atoms with E-state index < -0.39 is 0 Å². The van der Waals surface area contributed by atoms with E-state index in [-0.39, 0.29) is 4.46 Å². The van der Waals surface area contributed by atoms with E-state index in [9.17, 15) is 0 Å². The van der Waals surface area contributed by atoms with Crippen molar-refractivity contribution < 1.29 is 4.74 Å². The lowest BCUT2D eigenvalue weighted by Gasteiger charge is -2.03. The molecule has 1 saturated heterocycles. The summed E-state index contributed by atoms with van der Waals surface area (Å²) < 4.78 is 7.41. The van der Waals surface area contributed by atoms with Gasteiger partial charge >= 0.3 is 0 Å². The van der Waals surface area contributed by atoms with Crippen LogP contribution in [0.4, 0.5) is 0 Å². The predicted molar refractivity (Wildman–Crippen MR) is 41.8 cm³/mol. The first-order chi connectivity index (χ1) is 5.21. The second-order valence-electron chi connectivity index (χ2n) is 3.17. The van der Waals surface area contributed by atoms with Crippen molar-refractivity contribution in [1.82, 2.24) is 14.8 Å². The number of epoxide rings is 1. The molecule has 0 spiro atoms. The van der Waals surface area contributed by atoms with E-state index in [4.69, 9.17) is 4.74 Å². The van der Waals surface area contributed by atoms with E-state index in [0.717, 1.165) is 22.8 Å². The van der Waals surface area contributed by atoms with Gasteiger partial charge in [-0.25, -0.2) is 4.98 Å². The van der Waals surface area contributed by atoms with Gasteiger partial charge in [0.1, 0.15) is 12.7 Å². The third kappa shape index (κ3) is 1.32. The van der Waals surface area contributed by atoms with Crippen LogP contribution in [0.1, 0.15) is 6.92 Å². The Labute approximate surface area is 73.0 Å². The topological polar surface area (TPSA) is 43.2 Å². The van der Waals surface area contributed by atoms with Crippen molar-refractivity contribution >= 4 is 16.3 Å². The third-order valence-corrected chi connectivity index (χ3v) is 3.56. The van der Waals surface area contributed by atoms with Crippen LogP contribution >= 0.6 is 0 Å². The van der Waals surface area contributed by atoms with E-state index in [1.807, 2.05) is 4.68 Å². The molecule has 0 N–H and O–H groups in total. The Morgan fingerprint density at radius 3 is 3.00 bits per heavy atom. The molecule has 2 atom stereocenters. The van der Waals surface area contributed by atoms with E-state index in [2.05, 4.69) is 17.0 Å². The van der Waals surface area contributed by atoms with Crippen LogP contribution in [0.15, 0.2) is 12.7 Å². The molecule has 0 aliphatic carbocycles. The lowest BCUT2D eigenvalue weighted by Crippen LogP contribution is -2.22. The lowest BCUT2D eigenvalue weighted by molar-refractivity contribution is 0.328. The second-order valence-corrected chi connectivity index (χ2v) is 4.86. The summed E-state index contributed by atoms with van der Waals surface area (Å²) in [5.41, 5.74) is 0. The van der Waals surface area contributed by atoms with Gasteiger partial charge in [-0.2, -0.15) is 5.10 Å². The normalized spacial score (nSPS) is 35.5. The molecule has 2 unspecified atom stereocenters. The Kier molecular flexibility index (Phi) is 1.53. The third-order valence-electron chi connectivity index (χ3n) is 2.19. The zero-order valence-electron chi connectivity index (χ0n) is 6.69. The number of hydrogen-bond acceptors (Lipinski definition) is 3. The molecule has 1 fully saturated rings. The molecule has 0 radical (unpaired) electrons. The Bertz CT molecular complexity index is 250. The summed E-state index contributed by atoms with van der Waals surface area (Å²) in [6, 6.07) is 0. The summed E-state index contributed by atoms with van der Waals surface area (Å²) in [6.45, 7) is 2.96. The molecule has 4 nitrogen and oxygen atoms in total. The zero-order valence-corrected chi connectivity index (χ0v) is 8.69. The highest BCUT2D eigenvalue weighted by molar-refractivity contribution is 6.16. The maximum atomic E-state index is 5.45. The summed E-state index contributed by atoms with van der Waals surface area (Å²) in [7, 11) is 0. The summed E-state index contributed by atoms with van der Waals surface area (Å²) >= 11 is 1.06. The molecule has 1 aliphatic rings. The highest BCUT2D eigenvalue weighted by Crippen LogP contribution is 2.33. The summed E-state index contributed by atoms with van der Waals surface area (Å²) in [5.74, 6) is 0. The van der Waals surface area contributed by atoms with Crippen LogP contribution in [-0.4, -0.2) is 41.6 Å². The van der Waals surface area contributed by atoms with Crippen LogP contribution in [0.5, 0.6) is 0 Å². The quantitative estimate of drug-likeness (QED) is 0.420. The number of rotatable bonds is 2. The highest BCUT2D eigenvalue weighted by atomic mass is 27.0. The first-order valence-corrected chi connectivity index (χ1v) is 4.71. The zero-order chi connectivity index (χ0) is 7.90. The highest BCUT2D eigenvalue weighted by Gasteiger charge is 2.48. The molecule has 0 saturated carbocycles. The van der Waals surface area contributed by atoms with Gasteiger partial charge in [0.2, 0.25) is 0 Å². The van der Waals surface area contributed by atoms with Gasteiger partial charge in [0.25, 0.3) is 16.3 Å². The van der Waals surface area contributed by atoms with Gasteiger partial charge in [0, 0.05) is 0 Å². The van der Waals surface area contributed by atoms with Crippen LogP contribution in [0.3, 0.4) is 0 Å². The van der Waals surface area contributed by atoms with Crippen LogP contribution in [-0.2, 0) is 11.3 Å². The number of nitrogens with zero attached hydrogens (tertiary/aromatic N) is 3. The van der Waals surface area contributed by atoms with E-state index in [1.165, 1.54) is 0 Å². The Morgan fingerprint density at radius 1 is 1.82 bits per heavy atom. The average Bonchev–Trinajstić information content (AvgIpc) is 2.43. The maximum Gasteiger partial charge on any atom is 0.271 e. The molecule has 0 bridgehead atoms. The molecule has 1 aromatic heterocycles. The average molecular weight is 167 g/mol. The molecule has 11 heavy (non-hydrogen) atoms. The Balaban J connectivity index is 2.02. The minimum Gasteiger partial charge on any atom is -0.382 e. The van der Waals surface area contributed by atoms with Gasteiger partial charge in [-0.1, -0.05) is 0 Å². The van der Waals surface area contributed by atoms with Crippen molar-refractivity contribution in [3.63, 3.8) is 0 Å². The first-order valence-electron chi connectivity index (χ1n) is 3.71. The first kappa shape index (κ1) is 7.29. The molecule has 2 heterocycles. The molecule has 2 rings (SSSR count). The molecule has 5 heteroatoms. The molecular formula is C6H10AlN3O. The largest absolute Gasteiger partial charge is 0.382 e. The van der Waals surface area contributed by atoms with Gasteiger partial charge in [-0.3, -0.25) is 4.68 Å². The van der Waals surface area contributed by atoms with Crippen LogP contribution in [0.25, 0.3) is 0 Å². The Morgan fingerprint density at radius 2 is 2.55 bits per heavy atom. The fourth-order valence-corrected chi connectivity index (χ4v) is 1.85. The van der Waals surface area contributed by atoms with Crippen molar-refractivity contribution in [3.05, 3.63) is 12.7 Å². The molecule has 0 aromatic carbocycles. The molecular weight excluding hydrogens is 157 g/mol. The van der Waals surface area contributed by atoms with E-state index >= 15 is 0 Å². The molecule has 58 valence electrons. The summed E-state index contributed by atoms with van der Waals surface area (Å²) in [4.78, 5) is 3.87. The van der Waals surface area contributed by atoms with E-state index in [0.29, 0.717) is 6.10 Å². The standard InChI is InChI=1S/C6H8N3O.Al.2H/c1-5-6(10-5)2-9-4-7-3-8-9;;;/h3-5H,2H2,1H3;;;. The SMILES string of the molecule is CC1O[C]1([AlH2])Cn1cncn1. The second kappa shape index (κ2) is 2.31. The fourth-order valence-electron chi connectivity index (χ4n) is 1.17. The monoisotopic (exact) mass is 167 g/mol. The summed E-state index contributed by atoms with van der Waals surface area (Å²) in [5, 5.41) is 4.02. The van der Waals surface area contributed by atoms with Gasteiger partial charge < -0.3 is 4.74 Å². The van der Waals surface area contributed by atoms with Crippen LogP contribution < -0.4 is 0 Å². The van der Waals surface area contributed by atoms with E-state index in [1.54, 1.807) is 12.7 Å². The minimum absolute atomic E-state index is 0.133. The molecule has 0 amide bonds. The van der Waals surface area contributed by atoms with Gasteiger partial charge in [-0.05, 0) is 6.92 Å². The van der Waals surface area contributed by atoms with Crippen LogP contribution in [0.2, 0.25) is 0 Å². The van der Waals surface area contributed by atoms with Crippen molar-refractivity contribution in [2.75, 3.05) is 0 Å². The van der Waals surface area contributed by atoms with Crippen molar-refractivity contribution in [2.24, 2.45) is 0 Å². The minimum atomic E-state index is 0.133. The number of aromatic nitrogens is 3. The molecule has 1 aliphatic heterocycles. The van der Waals surface area contributed by atoms with Crippen molar-refractivity contribution in [1.29, 1.82) is 0 Å². The van der Waals surface area contributed by atoms with Gasteiger partial charge in [0.15, 0.2) is 0 Å². The van der Waals surface area contributed by atoms with Crippen LogP contribution in [0, 0.1) is 0 Å². The smallest absolute Gasteiger partial charge is 0.271 e. The molecule has 1 aromatic rings. The van der Waals surface area contributed by atoms with Gasteiger partial charge in [0.05, 0.1) is 17.1 Å². The summed E-state index contributed by atoms with van der Waals surface area (Å²) in [6.07, 6.45) is 3.70. The predicted octanol–water partition coefficient (Wildman–Crippen LogP) is -0.974. The van der Waals surface area contributed by atoms with Crippen molar-refractivity contribution in [3.8, 4) is 0 Å². The fraction of sp³-hybridized carbons (Fsp3) is 0.667. The maximum absolute atomic E-state index is 5.45.